The third kappa shape index (κ3) is 4.31. The van der Waals surface area contributed by atoms with Crippen LogP contribution in [0.25, 0.3) is 0 Å². The van der Waals surface area contributed by atoms with E-state index in [1.54, 1.807) is 13.0 Å². The first-order chi connectivity index (χ1) is 9.54. The zero-order valence-corrected chi connectivity index (χ0v) is 12.5. The quantitative estimate of drug-likeness (QED) is 0.824. The van der Waals surface area contributed by atoms with E-state index in [1.165, 1.54) is 12.8 Å². The first kappa shape index (κ1) is 15.0. The summed E-state index contributed by atoms with van der Waals surface area (Å²) >= 11 is 0. The maximum Gasteiger partial charge on any atom is 0.239 e. The highest BCUT2D eigenvalue weighted by Crippen LogP contribution is 2.10. The van der Waals surface area contributed by atoms with Crippen LogP contribution in [0.3, 0.4) is 0 Å². The molecule has 0 saturated carbocycles. The van der Waals surface area contributed by atoms with E-state index in [2.05, 4.69) is 34.5 Å². The highest BCUT2D eigenvalue weighted by molar-refractivity contribution is 5.91. The fraction of sp³-hybridized carbons (Fsp3) is 0.714. The zero-order chi connectivity index (χ0) is 14.5. The molecule has 1 aliphatic rings. The van der Waals surface area contributed by atoms with Gasteiger partial charge in [-0.05, 0) is 40.2 Å². The molecule has 1 aliphatic heterocycles. The van der Waals surface area contributed by atoms with Crippen LogP contribution in [-0.4, -0.2) is 47.7 Å². The lowest BCUT2D eigenvalue weighted by Gasteiger charge is -2.28. The number of aromatic nitrogens is 1. The second kappa shape index (κ2) is 6.85. The van der Waals surface area contributed by atoms with E-state index in [1.807, 2.05) is 0 Å². The van der Waals surface area contributed by atoms with Crippen molar-refractivity contribution >= 4 is 11.7 Å². The number of rotatable bonds is 6. The molecule has 20 heavy (non-hydrogen) atoms. The minimum absolute atomic E-state index is 0.0509. The Bertz CT molecular complexity index is 438. The molecular formula is C14H24N4O2. The lowest BCUT2D eigenvalue weighted by molar-refractivity contribution is -0.117. The fourth-order valence-electron chi connectivity index (χ4n) is 2.45. The predicted octanol–water partition coefficient (Wildman–Crippen LogP) is 1.38. The lowest BCUT2D eigenvalue weighted by Crippen LogP contribution is -2.44. The highest BCUT2D eigenvalue weighted by Gasteiger charge is 2.21. The molecule has 6 nitrogen and oxygen atoms in total. The zero-order valence-electron chi connectivity index (χ0n) is 12.5. The Labute approximate surface area is 119 Å². The summed E-state index contributed by atoms with van der Waals surface area (Å²) in [7, 11) is 0. The molecule has 1 fully saturated rings. The summed E-state index contributed by atoms with van der Waals surface area (Å²) in [5.41, 5.74) is 0. The van der Waals surface area contributed by atoms with Crippen LogP contribution in [-0.2, 0) is 4.79 Å². The molecule has 0 radical (unpaired) electrons. The molecule has 1 aromatic rings. The molecule has 0 bridgehead atoms. The number of amides is 1. The minimum atomic E-state index is -0.0509. The van der Waals surface area contributed by atoms with Crippen LogP contribution in [0, 0.1) is 6.92 Å². The van der Waals surface area contributed by atoms with Gasteiger partial charge in [-0.15, -0.1) is 0 Å². The van der Waals surface area contributed by atoms with Gasteiger partial charge < -0.3 is 15.2 Å². The minimum Gasteiger partial charge on any atom is -0.360 e. The van der Waals surface area contributed by atoms with Gasteiger partial charge in [0.1, 0.15) is 5.76 Å². The van der Waals surface area contributed by atoms with Gasteiger partial charge in [0.15, 0.2) is 5.82 Å². The number of nitrogens with one attached hydrogen (secondary N) is 2. The average molecular weight is 280 g/mol. The molecule has 112 valence electrons. The fourth-order valence-corrected chi connectivity index (χ4v) is 2.45. The van der Waals surface area contributed by atoms with Crippen LogP contribution < -0.4 is 10.6 Å². The molecule has 1 aromatic heterocycles. The molecule has 0 aliphatic carbocycles. The molecule has 0 spiro atoms. The number of carbonyl (C=O) groups excluding carboxylic acids is 1. The average Bonchev–Trinajstić information content (AvgIpc) is 3.00. The Kier molecular flexibility index (Phi) is 5.14. The van der Waals surface area contributed by atoms with Crippen molar-refractivity contribution in [2.45, 2.75) is 45.7 Å². The van der Waals surface area contributed by atoms with Crippen molar-refractivity contribution in [3.05, 3.63) is 11.8 Å². The van der Waals surface area contributed by atoms with Gasteiger partial charge in [-0.3, -0.25) is 9.69 Å². The van der Waals surface area contributed by atoms with Gasteiger partial charge in [0.2, 0.25) is 5.91 Å². The van der Waals surface area contributed by atoms with Crippen LogP contribution in [0.5, 0.6) is 0 Å². The second-order valence-corrected chi connectivity index (χ2v) is 5.69. The van der Waals surface area contributed by atoms with Crippen LogP contribution in [0.2, 0.25) is 0 Å². The van der Waals surface area contributed by atoms with E-state index in [0.29, 0.717) is 30.2 Å². The van der Waals surface area contributed by atoms with Gasteiger partial charge in [0.25, 0.3) is 0 Å². The molecule has 2 rings (SSSR count). The number of hydrogen-bond acceptors (Lipinski definition) is 5. The maximum absolute atomic E-state index is 12.1. The summed E-state index contributed by atoms with van der Waals surface area (Å²) in [6.07, 6.45) is 2.41. The van der Waals surface area contributed by atoms with Gasteiger partial charge in [-0.25, -0.2) is 0 Å². The van der Waals surface area contributed by atoms with E-state index >= 15 is 0 Å². The van der Waals surface area contributed by atoms with Crippen molar-refractivity contribution < 1.29 is 9.32 Å². The molecule has 1 saturated heterocycles. The normalized spacial score (nSPS) is 18.9. The summed E-state index contributed by atoms with van der Waals surface area (Å²) < 4.78 is 4.94. The van der Waals surface area contributed by atoms with E-state index in [-0.39, 0.29) is 5.91 Å². The maximum atomic E-state index is 12.1. The van der Waals surface area contributed by atoms with Crippen LogP contribution in [0.1, 0.15) is 32.4 Å². The van der Waals surface area contributed by atoms with Crippen molar-refractivity contribution in [1.82, 2.24) is 15.4 Å². The Morgan fingerprint density at radius 1 is 1.65 bits per heavy atom. The SMILES string of the molecule is Cc1cc(NC(=O)CN(CC2CCCN2)C(C)C)no1. The van der Waals surface area contributed by atoms with E-state index in [4.69, 9.17) is 4.52 Å². The molecule has 1 amide bonds. The van der Waals surface area contributed by atoms with Crippen LogP contribution >= 0.6 is 0 Å². The van der Waals surface area contributed by atoms with Crippen molar-refractivity contribution in [2.75, 3.05) is 25.0 Å². The summed E-state index contributed by atoms with van der Waals surface area (Å²) in [4.78, 5) is 14.2. The third-order valence-corrected chi connectivity index (χ3v) is 3.59. The third-order valence-electron chi connectivity index (χ3n) is 3.59. The molecular weight excluding hydrogens is 256 g/mol. The lowest BCUT2D eigenvalue weighted by atomic mass is 10.2. The largest absolute Gasteiger partial charge is 0.360 e. The number of anilines is 1. The Hall–Kier alpha value is -1.40. The summed E-state index contributed by atoms with van der Waals surface area (Å²) in [6.45, 7) is 8.39. The molecule has 2 N–H and O–H groups in total. The Morgan fingerprint density at radius 3 is 3.00 bits per heavy atom. The van der Waals surface area contributed by atoms with Crippen molar-refractivity contribution in [3.63, 3.8) is 0 Å². The van der Waals surface area contributed by atoms with Crippen LogP contribution in [0.4, 0.5) is 5.82 Å². The van der Waals surface area contributed by atoms with Crippen molar-refractivity contribution in [1.29, 1.82) is 0 Å². The predicted molar refractivity (Wildman–Crippen MR) is 77.6 cm³/mol. The first-order valence-electron chi connectivity index (χ1n) is 7.25. The smallest absolute Gasteiger partial charge is 0.239 e. The number of nitrogens with zero attached hydrogens (tertiary/aromatic N) is 2. The molecule has 2 heterocycles. The van der Waals surface area contributed by atoms with Crippen LogP contribution in [0.15, 0.2) is 10.6 Å². The van der Waals surface area contributed by atoms with Crippen molar-refractivity contribution in [2.24, 2.45) is 0 Å². The number of hydrogen-bond donors (Lipinski definition) is 2. The van der Waals surface area contributed by atoms with Gasteiger partial charge in [0.05, 0.1) is 6.54 Å². The van der Waals surface area contributed by atoms with E-state index < -0.39 is 0 Å². The Morgan fingerprint density at radius 2 is 2.45 bits per heavy atom. The van der Waals surface area contributed by atoms with E-state index in [9.17, 15) is 4.79 Å². The van der Waals surface area contributed by atoms with Gasteiger partial charge >= 0.3 is 0 Å². The summed E-state index contributed by atoms with van der Waals surface area (Å²) in [5.74, 6) is 1.12. The molecule has 6 heteroatoms. The van der Waals surface area contributed by atoms with Crippen molar-refractivity contribution in [3.8, 4) is 0 Å². The van der Waals surface area contributed by atoms with Gasteiger partial charge in [-0.2, -0.15) is 0 Å². The summed E-state index contributed by atoms with van der Waals surface area (Å²) in [6, 6.07) is 2.55. The highest BCUT2D eigenvalue weighted by atomic mass is 16.5. The second-order valence-electron chi connectivity index (χ2n) is 5.69. The number of aryl methyl sites for hydroxylation is 1. The molecule has 0 aromatic carbocycles. The first-order valence-corrected chi connectivity index (χ1v) is 7.25. The summed E-state index contributed by atoms with van der Waals surface area (Å²) in [5, 5.41) is 10.0. The topological polar surface area (TPSA) is 70.4 Å². The number of carbonyl (C=O) groups is 1. The standard InChI is InChI=1S/C14H24N4O2/c1-10(2)18(8-12-5-4-6-15-12)9-14(19)16-13-7-11(3)20-17-13/h7,10,12,15H,4-6,8-9H2,1-3H3,(H,16,17,19). The Balaban J connectivity index is 1.85. The van der Waals surface area contributed by atoms with Gasteiger partial charge in [0, 0.05) is 24.7 Å². The molecule has 1 atom stereocenters. The monoisotopic (exact) mass is 280 g/mol. The van der Waals surface area contributed by atoms with Gasteiger partial charge in [-0.1, -0.05) is 5.16 Å². The molecule has 1 unspecified atom stereocenters. The van der Waals surface area contributed by atoms with E-state index in [0.717, 1.165) is 13.1 Å².